The van der Waals surface area contributed by atoms with Crippen molar-refractivity contribution in [3.05, 3.63) is 0 Å². The molecule has 4 heteroatoms. The van der Waals surface area contributed by atoms with Crippen molar-refractivity contribution >= 4 is 5.91 Å². The molecule has 0 bridgehead atoms. The summed E-state index contributed by atoms with van der Waals surface area (Å²) in [4.78, 5) is 14.5. The molecule has 0 saturated carbocycles. The third-order valence-electron chi connectivity index (χ3n) is 4.27. The molecule has 112 valence electrons. The van der Waals surface area contributed by atoms with E-state index in [9.17, 15) is 4.79 Å². The molecule has 1 heterocycles. The highest BCUT2D eigenvalue weighted by molar-refractivity contribution is 5.78. The fraction of sp³-hybridized carbons (Fsp3) is 0.933. The number of amides is 1. The van der Waals surface area contributed by atoms with E-state index in [0.29, 0.717) is 24.7 Å². The summed E-state index contributed by atoms with van der Waals surface area (Å²) in [7, 11) is 0. The van der Waals surface area contributed by atoms with Crippen molar-refractivity contribution in [3.63, 3.8) is 0 Å². The summed E-state index contributed by atoms with van der Waals surface area (Å²) >= 11 is 0. The zero-order chi connectivity index (χ0) is 14.3. The van der Waals surface area contributed by atoms with E-state index >= 15 is 0 Å². The quantitative estimate of drug-likeness (QED) is 0.740. The standard InChI is InChI=1S/C15H31N3O/c1-5-12(6-2)17-15(19)11-18-10-13(7-3)16-9-14(18)8-4/h12-14,16H,5-11H2,1-4H3,(H,17,19). The van der Waals surface area contributed by atoms with Gasteiger partial charge in [0.2, 0.25) is 5.91 Å². The highest BCUT2D eigenvalue weighted by Gasteiger charge is 2.27. The second-order valence-electron chi connectivity index (χ2n) is 5.59. The highest BCUT2D eigenvalue weighted by Crippen LogP contribution is 2.11. The molecule has 1 aliphatic heterocycles. The Morgan fingerprint density at radius 3 is 2.47 bits per heavy atom. The Labute approximate surface area is 118 Å². The SMILES string of the molecule is CCC1CN(CC(=O)NC(CC)CC)C(CC)CN1. The van der Waals surface area contributed by atoms with Crippen molar-refractivity contribution in [2.24, 2.45) is 0 Å². The van der Waals surface area contributed by atoms with Crippen molar-refractivity contribution in [2.45, 2.75) is 71.5 Å². The number of nitrogens with one attached hydrogen (secondary N) is 2. The number of hydrogen-bond donors (Lipinski definition) is 2. The molecule has 0 aromatic carbocycles. The zero-order valence-corrected chi connectivity index (χ0v) is 13.0. The van der Waals surface area contributed by atoms with Crippen LogP contribution >= 0.6 is 0 Å². The van der Waals surface area contributed by atoms with Gasteiger partial charge in [-0.2, -0.15) is 0 Å². The maximum atomic E-state index is 12.1. The van der Waals surface area contributed by atoms with Gasteiger partial charge in [-0.05, 0) is 25.7 Å². The number of nitrogens with zero attached hydrogens (tertiary/aromatic N) is 1. The Hall–Kier alpha value is -0.610. The van der Waals surface area contributed by atoms with Gasteiger partial charge in [-0.15, -0.1) is 0 Å². The molecule has 2 N–H and O–H groups in total. The van der Waals surface area contributed by atoms with E-state index in [1.807, 2.05) is 0 Å². The Morgan fingerprint density at radius 2 is 1.95 bits per heavy atom. The molecule has 0 aliphatic carbocycles. The molecule has 0 radical (unpaired) electrons. The molecular formula is C15H31N3O. The molecule has 19 heavy (non-hydrogen) atoms. The molecule has 4 nitrogen and oxygen atoms in total. The summed E-state index contributed by atoms with van der Waals surface area (Å²) in [6.07, 6.45) is 4.25. The first kappa shape index (κ1) is 16.4. The number of rotatable bonds is 7. The monoisotopic (exact) mass is 269 g/mol. The van der Waals surface area contributed by atoms with Crippen molar-refractivity contribution < 1.29 is 4.79 Å². The van der Waals surface area contributed by atoms with E-state index < -0.39 is 0 Å². The van der Waals surface area contributed by atoms with Crippen LogP contribution in [0.3, 0.4) is 0 Å². The second-order valence-corrected chi connectivity index (χ2v) is 5.59. The van der Waals surface area contributed by atoms with Crippen LogP contribution in [0.2, 0.25) is 0 Å². The van der Waals surface area contributed by atoms with Crippen LogP contribution in [0.1, 0.15) is 53.4 Å². The second kappa shape index (κ2) is 8.54. The minimum atomic E-state index is 0.184. The van der Waals surface area contributed by atoms with Gasteiger partial charge in [-0.1, -0.05) is 27.7 Å². The van der Waals surface area contributed by atoms with Crippen LogP contribution in [-0.4, -0.2) is 48.6 Å². The largest absolute Gasteiger partial charge is 0.352 e. The first-order chi connectivity index (χ1) is 9.14. The van der Waals surface area contributed by atoms with Gasteiger partial charge in [0.05, 0.1) is 6.54 Å². The van der Waals surface area contributed by atoms with Gasteiger partial charge in [0.15, 0.2) is 0 Å². The molecule has 1 aliphatic rings. The van der Waals surface area contributed by atoms with E-state index in [0.717, 1.165) is 38.8 Å². The number of carbonyl (C=O) groups excluding carboxylic acids is 1. The predicted octanol–water partition coefficient (Wildman–Crippen LogP) is 1.75. The van der Waals surface area contributed by atoms with Gasteiger partial charge in [0.25, 0.3) is 0 Å². The zero-order valence-electron chi connectivity index (χ0n) is 13.0. The lowest BCUT2D eigenvalue weighted by Gasteiger charge is -2.39. The van der Waals surface area contributed by atoms with Crippen LogP contribution in [0.15, 0.2) is 0 Å². The van der Waals surface area contributed by atoms with Gasteiger partial charge in [-0.3, -0.25) is 9.69 Å². The smallest absolute Gasteiger partial charge is 0.234 e. The normalized spacial score (nSPS) is 24.7. The number of hydrogen-bond acceptors (Lipinski definition) is 3. The third-order valence-corrected chi connectivity index (χ3v) is 4.27. The summed E-state index contributed by atoms with van der Waals surface area (Å²) in [6, 6.07) is 1.36. The van der Waals surface area contributed by atoms with Crippen molar-refractivity contribution in [1.82, 2.24) is 15.5 Å². The molecule has 1 saturated heterocycles. The topological polar surface area (TPSA) is 44.4 Å². The van der Waals surface area contributed by atoms with Crippen LogP contribution in [0.25, 0.3) is 0 Å². The van der Waals surface area contributed by atoms with Gasteiger partial charge in [-0.25, -0.2) is 0 Å². The molecular weight excluding hydrogens is 238 g/mol. The van der Waals surface area contributed by atoms with Crippen molar-refractivity contribution in [2.75, 3.05) is 19.6 Å². The number of carbonyl (C=O) groups is 1. The van der Waals surface area contributed by atoms with Crippen LogP contribution in [0.5, 0.6) is 0 Å². The lowest BCUT2D eigenvalue weighted by atomic mass is 10.1. The fourth-order valence-corrected chi connectivity index (χ4v) is 2.75. The number of piperazine rings is 1. The van der Waals surface area contributed by atoms with Crippen LogP contribution in [-0.2, 0) is 4.79 Å². The Bertz CT molecular complexity index is 266. The first-order valence-corrected chi connectivity index (χ1v) is 7.91. The highest BCUT2D eigenvalue weighted by atomic mass is 16.2. The summed E-state index contributed by atoms with van der Waals surface area (Å²) in [5.41, 5.74) is 0. The van der Waals surface area contributed by atoms with Crippen LogP contribution in [0.4, 0.5) is 0 Å². The van der Waals surface area contributed by atoms with E-state index in [2.05, 4.69) is 43.2 Å². The first-order valence-electron chi connectivity index (χ1n) is 7.91. The Morgan fingerprint density at radius 1 is 1.26 bits per heavy atom. The summed E-state index contributed by atoms with van der Waals surface area (Å²) < 4.78 is 0. The maximum absolute atomic E-state index is 12.1. The Kier molecular flexibility index (Phi) is 7.39. The molecule has 0 aromatic heterocycles. The molecule has 2 unspecified atom stereocenters. The van der Waals surface area contributed by atoms with Gasteiger partial charge < -0.3 is 10.6 Å². The minimum Gasteiger partial charge on any atom is -0.352 e. The van der Waals surface area contributed by atoms with Gasteiger partial charge in [0, 0.05) is 31.2 Å². The van der Waals surface area contributed by atoms with Crippen molar-refractivity contribution in [1.29, 1.82) is 0 Å². The van der Waals surface area contributed by atoms with Crippen molar-refractivity contribution in [3.8, 4) is 0 Å². The van der Waals surface area contributed by atoms with Crippen LogP contribution in [0, 0.1) is 0 Å². The summed E-state index contributed by atoms with van der Waals surface area (Å²) in [5, 5.41) is 6.70. The van der Waals surface area contributed by atoms with Gasteiger partial charge in [0.1, 0.15) is 0 Å². The summed E-state index contributed by atoms with van der Waals surface area (Å²) in [5.74, 6) is 0.184. The van der Waals surface area contributed by atoms with E-state index in [4.69, 9.17) is 0 Å². The lowest BCUT2D eigenvalue weighted by molar-refractivity contribution is -0.124. The minimum absolute atomic E-state index is 0.184. The fourth-order valence-electron chi connectivity index (χ4n) is 2.75. The van der Waals surface area contributed by atoms with Gasteiger partial charge >= 0.3 is 0 Å². The average Bonchev–Trinajstić information content (AvgIpc) is 2.44. The Balaban J connectivity index is 2.49. The van der Waals surface area contributed by atoms with E-state index in [-0.39, 0.29) is 5.91 Å². The lowest BCUT2D eigenvalue weighted by Crippen LogP contribution is -2.58. The average molecular weight is 269 g/mol. The molecule has 0 aromatic rings. The summed E-state index contributed by atoms with van der Waals surface area (Å²) in [6.45, 7) is 11.2. The molecule has 0 spiro atoms. The molecule has 1 rings (SSSR count). The van der Waals surface area contributed by atoms with E-state index in [1.165, 1.54) is 0 Å². The van der Waals surface area contributed by atoms with E-state index in [1.54, 1.807) is 0 Å². The third kappa shape index (κ3) is 5.11. The molecule has 2 atom stereocenters. The maximum Gasteiger partial charge on any atom is 0.234 e. The molecule has 1 amide bonds. The predicted molar refractivity (Wildman–Crippen MR) is 80.2 cm³/mol. The van der Waals surface area contributed by atoms with Crippen LogP contribution < -0.4 is 10.6 Å². The molecule has 1 fully saturated rings.